The molecule has 0 aliphatic carbocycles. The zero-order valence-electron chi connectivity index (χ0n) is 12.5. The molecular weight excluding hydrogens is 274 g/mol. The van der Waals surface area contributed by atoms with Crippen LogP contribution in [0, 0.1) is 6.92 Å². The summed E-state index contributed by atoms with van der Waals surface area (Å²) in [7, 11) is -3.44. The highest BCUT2D eigenvalue weighted by atomic mass is 32.2. The van der Waals surface area contributed by atoms with E-state index in [1.165, 1.54) is 0 Å². The molecule has 1 aromatic rings. The Morgan fingerprint density at radius 1 is 1.25 bits per heavy atom. The van der Waals surface area contributed by atoms with E-state index in [1.54, 1.807) is 26.8 Å². The third kappa shape index (κ3) is 4.35. The molecule has 4 nitrogen and oxygen atoms in total. The van der Waals surface area contributed by atoms with Gasteiger partial charge in [-0.05, 0) is 51.3 Å². The molecule has 0 aliphatic heterocycles. The van der Waals surface area contributed by atoms with Gasteiger partial charge in [-0.15, -0.1) is 0 Å². The van der Waals surface area contributed by atoms with Crippen LogP contribution in [0.25, 0.3) is 0 Å². The zero-order chi connectivity index (χ0) is 15.4. The van der Waals surface area contributed by atoms with Crippen LogP contribution in [0.5, 0.6) is 0 Å². The van der Waals surface area contributed by atoms with Gasteiger partial charge in [0.25, 0.3) is 0 Å². The number of sulfonamides is 1. The minimum Gasteiger partial charge on any atom is -0.392 e. The smallest absolute Gasteiger partial charge is 0.237 e. The summed E-state index contributed by atoms with van der Waals surface area (Å²) in [6, 6.07) is 5.67. The summed E-state index contributed by atoms with van der Waals surface area (Å²) in [4.78, 5) is 0. The molecule has 0 atom stereocenters. The summed E-state index contributed by atoms with van der Waals surface area (Å²) in [5.41, 5.74) is 2.47. The number of aliphatic hydroxyl groups is 1. The fraction of sp³-hybridized carbons (Fsp3) is 0.467. The Morgan fingerprint density at radius 3 is 2.45 bits per heavy atom. The molecule has 0 bridgehead atoms. The Kier molecular flexibility index (Phi) is 5.36. The molecule has 0 heterocycles. The van der Waals surface area contributed by atoms with Gasteiger partial charge in [-0.2, -0.15) is 0 Å². The van der Waals surface area contributed by atoms with Gasteiger partial charge in [0.1, 0.15) is 0 Å². The molecule has 5 heteroatoms. The monoisotopic (exact) mass is 297 g/mol. The number of aryl methyl sites for hydroxylation is 1. The topological polar surface area (TPSA) is 66.4 Å². The quantitative estimate of drug-likeness (QED) is 0.821. The van der Waals surface area contributed by atoms with Gasteiger partial charge in [-0.1, -0.05) is 24.3 Å². The van der Waals surface area contributed by atoms with Gasteiger partial charge in [-0.3, -0.25) is 4.72 Å². The van der Waals surface area contributed by atoms with Gasteiger partial charge in [0.2, 0.25) is 10.0 Å². The maximum absolute atomic E-state index is 12.2. The van der Waals surface area contributed by atoms with E-state index in [0.717, 1.165) is 11.1 Å². The van der Waals surface area contributed by atoms with E-state index < -0.39 is 14.8 Å². The number of hydrogen-bond acceptors (Lipinski definition) is 3. The van der Waals surface area contributed by atoms with E-state index in [4.69, 9.17) is 5.11 Å². The summed E-state index contributed by atoms with van der Waals surface area (Å²) in [6.45, 7) is 6.89. The van der Waals surface area contributed by atoms with Crippen molar-refractivity contribution in [1.82, 2.24) is 0 Å². The number of nitrogens with one attached hydrogen (secondary N) is 1. The minimum atomic E-state index is -3.44. The van der Waals surface area contributed by atoms with Gasteiger partial charge >= 0.3 is 0 Å². The number of aliphatic hydroxyl groups excluding tert-OH is 1. The summed E-state index contributed by atoms with van der Waals surface area (Å²) in [5, 5.41) is 8.75. The average molecular weight is 297 g/mol. The first-order valence-electron chi connectivity index (χ1n) is 6.55. The van der Waals surface area contributed by atoms with Crippen molar-refractivity contribution in [3.05, 3.63) is 41.5 Å². The SMILES string of the molecule is Cc1ccc(C/C=C/CO)c(NS(=O)(=O)C(C)(C)C)c1. The Bertz CT molecular complexity index is 584. The zero-order valence-corrected chi connectivity index (χ0v) is 13.3. The van der Waals surface area contributed by atoms with Gasteiger partial charge in [0, 0.05) is 0 Å². The number of hydrogen-bond donors (Lipinski definition) is 2. The Balaban J connectivity index is 3.10. The van der Waals surface area contributed by atoms with Crippen LogP contribution in [0.4, 0.5) is 5.69 Å². The van der Waals surface area contributed by atoms with Crippen LogP contribution in [0.1, 0.15) is 31.9 Å². The molecule has 0 unspecified atom stereocenters. The van der Waals surface area contributed by atoms with Crippen molar-refractivity contribution < 1.29 is 13.5 Å². The van der Waals surface area contributed by atoms with Crippen molar-refractivity contribution in [3.8, 4) is 0 Å². The molecule has 1 rings (SSSR count). The van der Waals surface area contributed by atoms with Crippen molar-refractivity contribution in [2.45, 2.75) is 38.9 Å². The van der Waals surface area contributed by atoms with Crippen LogP contribution in [-0.2, 0) is 16.4 Å². The maximum atomic E-state index is 12.2. The summed E-state index contributed by atoms with van der Waals surface area (Å²) < 4.78 is 26.3. The second kappa shape index (κ2) is 6.41. The first kappa shape index (κ1) is 16.7. The molecular formula is C15H23NO3S. The molecule has 0 aliphatic rings. The summed E-state index contributed by atoms with van der Waals surface area (Å²) in [5.74, 6) is 0. The third-order valence-corrected chi connectivity index (χ3v) is 5.03. The second-order valence-electron chi connectivity index (χ2n) is 5.74. The average Bonchev–Trinajstić information content (AvgIpc) is 2.30. The first-order chi connectivity index (χ1) is 9.17. The van der Waals surface area contributed by atoms with Crippen LogP contribution in [0.15, 0.2) is 30.4 Å². The number of allylic oxidation sites excluding steroid dienone is 1. The van der Waals surface area contributed by atoms with Gasteiger partial charge in [-0.25, -0.2) is 8.42 Å². The molecule has 112 valence electrons. The molecule has 0 spiro atoms. The van der Waals surface area contributed by atoms with Crippen LogP contribution in [0.2, 0.25) is 0 Å². The summed E-state index contributed by atoms with van der Waals surface area (Å²) in [6.07, 6.45) is 4.03. The lowest BCUT2D eigenvalue weighted by Gasteiger charge is -2.22. The standard InChI is InChI=1S/C15H23NO3S/c1-12-8-9-13(7-5-6-10-17)14(11-12)16-20(18,19)15(2,3)4/h5-6,8-9,11,16-17H,7,10H2,1-4H3/b6-5+. The fourth-order valence-electron chi connectivity index (χ4n) is 1.55. The van der Waals surface area contributed by atoms with E-state index >= 15 is 0 Å². The lowest BCUT2D eigenvalue weighted by molar-refractivity contribution is 0.342. The van der Waals surface area contributed by atoms with Crippen molar-refractivity contribution in [1.29, 1.82) is 0 Å². The van der Waals surface area contributed by atoms with Crippen LogP contribution >= 0.6 is 0 Å². The van der Waals surface area contributed by atoms with E-state index in [0.29, 0.717) is 12.1 Å². The Hall–Kier alpha value is -1.33. The van der Waals surface area contributed by atoms with Crippen molar-refractivity contribution >= 4 is 15.7 Å². The van der Waals surface area contributed by atoms with Crippen LogP contribution in [0.3, 0.4) is 0 Å². The number of benzene rings is 1. The van der Waals surface area contributed by atoms with Crippen molar-refractivity contribution in [2.24, 2.45) is 0 Å². The Labute approximate surface area is 121 Å². The van der Waals surface area contributed by atoms with E-state index in [-0.39, 0.29) is 6.61 Å². The predicted octanol–water partition coefficient (Wildman–Crippen LogP) is 2.63. The lowest BCUT2D eigenvalue weighted by Crippen LogP contribution is -2.34. The third-order valence-electron chi connectivity index (χ3n) is 2.93. The van der Waals surface area contributed by atoms with E-state index in [9.17, 15) is 8.42 Å². The molecule has 0 radical (unpaired) electrons. The maximum Gasteiger partial charge on any atom is 0.237 e. The number of anilines is 1. The largest absolute Gasteiger partial charge is 0.392 e. The van der Waals surface area contributed by atoms with E-state index in [2.05, 4.69) is 4.72 Å². The molecule has 0 saturated heterocycles. The van der Waals surface area contributed by atoms with Gasteiger partial charge in [0.15, 0.2) is 0 Å². The van der Waals surface area contributed by atoms with Gasteiger partial charge in [0.05, 0.1) is 17.0 Å². The molecule has 20 heavy (non-hydrogen) atoms. The van der Waals surface area contributed by atoms with Crippen molar-refractivity contribution in [2.75, 3.05) is 11.3 Å². The highest BCUT2D eigenvalue weighted by molar-refractivity contribution is 7.94. The van der Waals surface area contributed by atoms with E-state index in [1.807, 2.05) is 31.2 Å². The lowest BCUT2D eigenvalue weighted by atomic mass is 10.1. The Morgan fingerprint density at radius 2 is 1.90 bits per heavy atom. The normalized spacial score (nSPS) is 12.8. The first-order valence-corrected chi connectivity index (χ1v) is 8.03. The molecule has 0 saturated carbocycles. The predicted molar refractivity (Wildman–Crippen MR) is 83.4 cm³/mol. The van der Waals surface area contributed by atoms with Crippen molar-refractivity contribution in [3.63, 3.8) is 0 Å². The molecule has 0 aromatic heterocycles. The number of rotatable bonds is 5. The fourth-order valence-corrected chi connectivity index (χ4v) is 2.33. The van der Waals surface area contributed by atoms with Crippen LogP contribution < -0.4 is 4.72 Å². The molecule has 0 amide bonds. The molecule has 0 fully saturated rings. The molecule has 2 N–H and O–H groups in total. The minimum absolute atomic E-state index is 0.0189. The highest BCUT2D eigenvalue weighted by Gasteiger charge is 2.29. The van der Waals surface area contributed by atoms with Crippen LogP contribution in [-0.4, -0.2) is 24.9 Å². The molecule has 1 aromatic carbocycles. The summed E-state index contributed by atoms with van der Waals surface area (Å²) >= 11 is 0. The second-order valence-corrected chi connectivity index (χ2v) is 8.17. The highest BCUT2D eigenvalue weighted by Crippen LogP contribution is 2.24. The van der Waals surface area contributed by atoms with Gasteiger partial charge < -0.3 is 5.11 Å².